The Morgan fingerprint density at radius 3 is 1.50 bits per heavy atom. The second kappa shape index (κ2) is 16.5. The molecule has 0 radical (unpaired) electrons. The number of ether oxygens (including phenoxy) is 2. The standard InChI is InChI=1S/C28H52O4/c1-7-9-11-13-16-24-18-14-17-23(15-12-10-8-2)25(27(29)31-19-21(3)4)26(24)28(30)32-20-22(5)6/h21-26H,7-20H2,1-6H3. The Hall–Kier alpha value is -1.06. The number of carbonyl (C=O) groups excluding carboxylic acids is 2. The number of hydrogen-bond acceptors (Lipinski definition) is 4. The predicted octanol–water partition coefficient (Wildman–Crippen LogP) is 7.58. The molecule has 0 aromatic heterocycles. The molecule has 0 aromatic rings. The van der Waals surface area contributed by atoms with Crippen molar-refractivity contribution in [2.75, 3.05) is 13.2 Å². The van der Waals surface area contributed by atoms with Crippen LogP contribution in [-0.4, -0.2) is 25.2 Å². The van der Waals surface area contributed by atoms with Crippen molar-refractivity contribution >= 4 is 11.9 Å². The zero-order chi connectivity index (χ0) is 23.9. The molecule has 1 fully saturated rings. The number of rotatable bonds is 15. The van der Waals surface area contributed by atoms with E-state index >= 15 is 0 Å². The zero-order valence-corrected chi connectivity index (χ0v) is 22.0. The molecule has 1 saturated carbocycles. The molecule has 0 heterocycles. The Morgan fingerprint density at radius 1 is 0.688 bits per heavy atom. The molecule has 4 atom stereocenters. The maximum Gasteiger partial charge on any atom is 0.310 e. The lowest BCUT2D eigenvalue weighted by Crippen LogP contribution is -2.41. The molecule has 0 bridgehead atoms. The summed E-state index contributed by atoms with van der Waals surface area (Å²) < 4.78 is 11.6. The molecule has 0 aromatic carbocycles. The largest absolute Gasteiger partial charge is 0.465 e. The van der Waals surface area contributed by atoms with Crippen molar-refractivity contribution in [3.05, 3.63) is 0 Å². The van der Waals surface area contributed by atoms with Crippen LogP contribution in [0.3, 0.4) is 0 Å². The SMILES string of the molecule is CCCCCCC1CCCC(CCCCC)C(C(=O)OCC(C)C)C1C(=O)OCC(C)C. The lowest BCUT2D eigenvalue weighted by molar-refractivity contribution is -0.167. The fourth-order valence-electron chi connectivity index (χ4n) is 5.09. The smallest absolute Gasteiger partial charge is 0.310 e. The normalized spacial score (nSPS) is 23.9. The topological polar surface area (TPSA) is 52.6 Å². The van der Waals surface area contributed by atoms with E-state index in [1.165, 1.54) is 25.7 Å². The van der Waals surface area contributed by atoms with Gasteiger partial charge >= 0.3 is 11.9 Å². The highest BCUT2D eigenvalue weighted by atomic mass is 16.5. The molecule has 0 amide bonds. The Morgan fingerprint density at radius 2 is 1.09 bits per heavy atom. The molecule has 0 aliphatic heterocycles. The number of unbranched alkanes of at least 4 members (excludes halogenated alkanes) is 5. The number of hydrogen-bond donors (Lipinski definition) is 0. The second-order valence-electron chi connectivity index (χ2n) is 10.9. The highest BCUT2D eigenvalue weighted by Crippen LogP contribution is 2.43. The first kappa shape index (κ1) is 29.0. The molecule has 0 spiro atoms. The van der Waals surface area contributed by atoms with Gasteiger partial charge in [-0.2, -0.15) is 0 Å². The summed E-state index contributed by atoms with van der Waals surface area (Å²) in [5.41, 5.74) is 0. The fourth-order valence-corrected chi connectivity index (χ4v) is 5.09. The number of carbonyl (C=O) groups is 2. The second-order valence-corrected chi connectivity index (χ2v) is 10.9. The van der Waals surface area contributed by atoms with E-state index in [-0.39, 0.29) is 35.6 Å². The molecular formula is C28H52O4. The molecule has 1 aliphatic carbocycles. The van der Waals surface area contributed by atoms with Crippen LogP contribution in [-0.2, 0) is 19.1 Å². The Bertz CT molecular complexity index is 514. The maximum absolute atomic E-state index is 13.5. The van der Waals surface area contributed by atoms with Gasteiger partial charge in [0, 0.05) is 0 Å². The molecule has 4 nitrogen and oxygen atoms in total. The zero-order valence-electron chi connectivity index (χ0n) is 22.0. The fraction of sp³-hybridized carbons (Fsp3) is 0.929. The molecule has 4 unspecified atom stereocenters. The summed E-state index contributed by atoms with van der Waals surface area (Å²) in [5, 5.41) is 0. The third-order valence-electron chi connectivity index (χ3n) is 6.82. The van der Waals surface area contributed by atoms with E-state index in [4.69, 9.17) is 9.47 Å². The third-order valence-corrected chi connectivity index (χ3v) is 6.82. The van der Waals surface area contributed by atoms with Crippen molar-refractivity contribution in [3.63, 3.8) is 0 Å². The monoisotopic (exact) mass is 452 g/mol. The van der Waals surface area contributed by atoms with Crippen LogP contribution >= 0.6 is 0 Å². The van der Waals surface area contributed by atoms with Gasteiger partial charge in [-0.1, -0.05) is 92.9 Å². The Labute approximate surface area is 198 Å². The summed E-state index contributed by atoms with van der Waals surface area (Å²) >= 11 is 0. The van der Waals surface area contributed by atoms with Crippen LogP contribution in [0, 0.1) is 35.5 Å². The minimum absolute atomic E-state index is 0.159. The average molecular weight is 453 g/mol. The van der Waals surface area contributed by atoms with Crippen LogP contribution in [0.4, 0.5) is 0 Å². The van der Waals surface area contributed by atoms with Gasteiger partial charge in [0.1, 0.15) is 0 Å². The van der Waals surface area contributed by atoms with Crippen LogP contribution in [0.2, 0.25) is 0 Å². The minimum atomic E-state index is -0.357. The van der Waals surface area contributed by atoms with Crippen molar-refractivity contribution < 1.29 is 19.1 Å². The van der Waals surface area contributed by atoms with Crippen LogP contribution in [0.25, 0.3) is 0 Å². The van der Waals surface area contributed by atoms with Gasteiger partial charge in [0.15, 0.2) is 0 Å². The quantitative estimate of drug-likeness (QED) is 0.146. The van der Waals surface area contributed by atoms with Crippen molar-refractivity contribution in [2.45, 2.75) is 119 Å². The first-order chi connectivity index (χ1) is 15.3. The van der Waals surface area contributed by atoms with E-state index < -0.39 is 0 Å². The van der Waals surface area contributed by atoms with Crippen LogP contribution < -0.4 is 0 Å². The van der Waals surface area contributed by atoms with Gasteiger partial charge in [-0.25, -0.2) is 0 Å². The predicted molar refractivity (Wildman–Crippen MR) is 132 cm³/mol. The summed E-state index contributed by atoms with van der Waals surface area (Å²) in [6.45, 7) is 13.5. The van der Waals surface area contributed by atoms with Crippen molar-refractivity contribution in [3.8, 4) is 0 Å². The molecule has 1 rings (SSSR count). The highest BCUT2D eigenvalue weighted by molar-refractivity contribution is 5.82. The molecule has 0 N–H and O–H groups in total. The molecular weight excluding hydrogens is 400 g/mol. The van der Waals surface area contributed by atoms with Gasteiger partial charge in [0.05, 0.1) is 25.0 Å². The first-order valence-corrected chi connectivity index (χ1v) is 13.6. The third kappa shape index (κ3) is 10.7. The van der Waals surface area contributed by atoms with Crippen LogP contribution in [0.5, 0.6) is 0 Å². The summed E-state index contributed by atoms with van der Waals surface area (Å²) in [7, 11) is 0. The minimum Gasteiger partial charge on any atom is -0.465 e. The van der Waals surface area contributed by atoms with Crippen molar-refractivity contribution in [1.29, 1.82) is 0 Å². The highest BCUT2D eigenvalue weighted by Gasteiger charge is 2.46. The van der Waals surface area contributed by atoms with Gasteiger partial charge in [-0.3, -0.25) is 9.59 Å². The Kier molecular flexibility index (Phi) is 15.0. The van der Waals surface area contributed by atoms with E-state index in [0.29, 0.717) is 25.0 Å². The van der Waals surface area contributed by atoms with Gasteiger partial charge in [-0.05, 0) is 49.4 Å². The van der Waals surface area contributed by atoms with E-state index in [9.17, 15) is 9.59 Å². The Balaban J connectivity index is 3.16. The average Bonchev–Trinajstić information content (AvgIpc) is 2.93. The summed E-state index contributed by atoms with van der Waals surface area (Å²) in [6, 6.07) is 0. The van der Waals surface area contributed by atoms with E-state index in [2.05, 4.69) is 41.5 Å². The summed E-state index contributed by atoms with van der Waals surface area (Å²) in [5.74, 6) is -0.00929. The molecule has 4 heteroatoms. The molecule has 32 heavy (non-hydrogen) atoms. The van der Waals surface area contributed by atoms with E-state index in [1.807, 2.05) is 0 Å². The van der Waals surface area contributed by atoms with Gasteiger partial charge in [0.2, 0.25) is 0 Å². The maximum atomic E-state index is 13.5. The van der Waals surface area contributed by atoms with Gasteiger partial charge in [0.25, 0.3) is 0 Å². The lowest BCUT2D eigenvalue weighted by Gasteiger charge is -2.33. The molecule has 1 aliphatic rings. The van der Waals surface area contributed by atoms with E-state index in [0.717, 1.165) is 51.4 Å². The van der Waals surface area contributed by atoms with Crippen LogP contribution in [0.1, 0.15) is 119 Å². The van der Waals surface area contributed by atoms with Crippen LogP contribution in [0.15, 0.2) is 0 Å². The van der Waals surface area contributed by atoms with Crippen molar-refractivity contribution in [2.24, 2.45) is 35.5 Å². The summed E-state index contributed by atoms with van der Waals surface area (Å²) in [6.07, 6.45) is 13.4. The first-order valence-electron chi connectivity index (χ1n) is 13.6. The van der Waals surface area contributed by atoms with Gasteiger partial charge < -0.3 is 9.47 Å². The lowest BCUT2D eigenvalue weighted by atomic mass is 9.73. The van der Waals surface area contributed by atoms with E-state index in [1.54, 1.807) is 0 Å². The van der Waals surface area contributed by atoms with Gasteiger partial charge in [-0.15, -0.1) is 0 Å². The number of esters is 2. The summed E-state index contributed by atoms with van der Waals surface area (Å²) in [4.78, 5) is 26.9. The molecule has 188 valence electrons. The molecule has 0 saturated heterocycles. The van der Waals surface area contributed by atoms with Crippen molar-refractivity contribution in [1.82, 2.24) is 0 Å².